The molecule has 2 unspecified atom stereocenters. The summed E-state index contributed by atoms with van der Waals surface area (Å²) in [6.07, 6.45) is 2.38. The van der Waals surface area contributed by atoms with Gasteiger partial charge in [-0.3, -0.25) is 14.4 Å². The van der Waals surface area contributed by atoms with Gasteiger partial charge in [-0.05, 0) is 34.9 Å². The highest BCUT2D eigenvalue weighted by Gasteiger charge is 2.26. The van der Waals surface area contributed by atoms with Gasteiger partial charge in [0.25, 0.3) is 0 Å². The summed E-state index contributed by atoms with van der Waals surface area (Å²) in [4.78, 5) is 40.2. The second kappa shape index (κ2) is 10.8. The molecule has 0 saturated carbocycles. The maximum atomic E-state index is 13.3. The van der Waals surface area contributed by atoms with Crippen LogP contribution in [-0.2, 0) is 27.2 Å². The van der Waals surface area contributed by atoms with Crippen LogP contribution in [-0.4, -0.2) is 41.5 Å². The average molecular weight is 472 g/mol. The van der Waals surface area contributed by atoms with E-state index in [9.17, 15) is 14.4 Å². The van der Waals surface area contributed by atoms with Crippen LogP contribution in [0.5, 0.6) is 0 Å². The minimum absolute atomic E-state index is 0.262. The number of aromatic amines is 1. The predicted octanol–water partition coefficient (Wildman–Crippen LogP) is 2.13. The second-order valence-electron chi connectivity index (χ2n) is 8.64. The van der Waals surface area contributed by atoms with Crippen LogP contribution in [0.4, 0.5) is 0 Å². The average Bonchev–Trinajstić information content (AvgIpc) is 3.26. The van der Waals surface area contributed by atoms with E-state index in [1.54, 1.807) is 6.92 Å². The normalized spacial score (nSPS) is 13.7. The number of fused-ring (bicyclic) bond motifs is 2. The van der Waals surface area contributed by atoms with Gasteiger partial charge >= 0.3 is 0 Å². The van der Waals surface area contributed by atoms with Gasteiger partial charge in [-0.1, -0.05) is 60.7 Å². The zero-order valence-corrected chi connectivity index (χ0v) is 19.5. The lowest BCUT2D eigenvalue weighted by molar-refractivity contribution is -0.130. The Kier molecular flexibility index (Phi) is 7.42. The van der Waals surface area contributed by atoms with Gasteiger partial charge in [0.2, 0.25) is 18.2 Å². The fourth-order valence-electron chi connectivity index (χ4n) is 4.14. The van der Waals surface area contributed by atoms with Crippen molar-refractivity contribution in [1.82, 2.24) is 20.9 Å². The van der Waals surface area contributed by atoms with Gasteiger partial charge in [-0.15, -0.1) is 0 Å². The topological polar surface area (TPSA) is 129 Å². The zero-order chi connectivity index (χ0) is 24.8. The number of benzene rings is 3. The van der Waals surface area contributed by atoms with Crippen molar-refractivity contribution in [3.63, 3.8) is 0 Å². The van der Waals surface area contributed by atoms with Crippen LogP contribution >= 0.6 is 0 Å². The molecule has 35 heavy (non-hydrogen) atoms. The first kappa shape index (κ1) is 24.0. The molecule has 8 nitrogen and oxygen atoms in total. The molecular weight excluding hydrogens is 442 g/mol. The van der Waals surface area contributed by atoms with E-state index in [4.69, 9.17) is 5.73 Å². The van der Waals surface area contributed by atoms with Gasteiger partial charge in [0, 0.05) is 29.9 Å². The summed E-state index contributed by atoms with van der Waals surface area (Å²) in [7, 11) is 0. The first-order valence-electron chi connectivity index (χ1n) is 11.5. The lowest BCUT2D eigenvalue weighted by atomic mass is 10.0. The Balaban J connectivity index is 1.53. The van der Waals surface area contributed by atoms with Crippen LogP contribution < -0.4 is 21.7 Å². The molecule has 4 aromatic rings. The highest BCUT2D eigenvalue weighted by Crippen LogP contribution is 2.20. The Morgan fingerprint density at radius 1 is 0.943 bits per heavy atom. The van der Waals surface area contributed by atoms with Crippen molar-refractivity contribution in [3.8, 4) is 0 Å². The third-order valence-corrected chi connectivity index (χ3v) is 5.98. The van der Waals surface area contributed by atoms with Crippen LogP contribution in [0.15, 0.2) is 72.9 Å². The lowest BCUT2D eigenvalue weighted by Crippen LogP contribution is -2.56. The lowest BCUT2D eigenvalue weighted by Gasteiger charge is -2.24. The van der Waals surface area contributed by atoms with Gasteiger partial charge in [0.05, 0.1) is 6.04 Å². The van der Waals surface area contributed by atoms with Gasteiger partial charge < -0.3 is 26.7 Å². The molecule has 0 aliphatic carbocycles. The molecule has 0 bridgehead atoms. The summed E-state index contributed by atoms with van der Waals surface area (Å²) >= 11 is 0. The van der Waals surface area contributed by atoms with Crippen LogP contribution in [0.3, 0.4) is 0 Å². The third kappa shape index (κ3) is 5.85. The van der Waals surface area contributed by atoms with Crippen molar-refractivity contribution in [2.75, 3.05) is 0 Å². The highest BCUT2D eigenvalue weighted by atomic mass is 16.2. The van der Waals surface area contributed by atoms with Gasteiger partial charge in [-0.25, -0.2) is 0 Å². The highest BCUT2D eigenvalue weighted by molar-refractivity contribution is 5.91. The van der Waals surface area contributed by atoms with E-state index in [0.717, 1.165) is 32.8 Å². The van der Waals surface area contributed by atoms with Gasteiger partial charge in [0.15, 0.2) is 0 Å². The maximum absolute atomic E-state index is 13.3. The van der Waals surface area contributed by atoms with E-state index in [2.05, 4.69) is 20.9 Å². The minimum Gasteiger partial charge on any atom is -0.361 e. The second-order valence-corrected chi connectivity index (χ2v) is 8.64. The summed E-state index contributed by atoms with van der Waals surface area (Å²) in [5, 5.41) is 11.4. The Labute approximate surface area is 203 Å². The summed E-state index contributed by atoms with van der Waals surface area (Å²) in [5.41, 5.74) is 8.52. The number of carbonyl (C=O) groups excluding carboxylic acids is 3. The van der Waals surface area contributed by atoms with E-state index in [-0.39, 0.29) is 6.42 Å². The Hall–Kier alpha value is -4.17. The molecule has 180 valence electrons. The molecule has 4 rings (SSSR count). The van der Waals surface area contributed by atoms with Crippen LogP contribution in [0, 0.1) is 0 Å². The molecule has 6 N–H and O–H groups in total. The van der Waals surface area contributed by atoms with E-state index < -0.39 is 30.1 Å². The number of carbonyl (C=O) groups is 3. The molecule has 0 aliphatic rings. The monoisotopic (exact) mass is 471 g/mol. The van der Waals surface area contributed by atoms with Gasteiger partial charge in [0.1, 0.15) is 12.2 Å². The summed E-state index contributed by atoms with van der Waals surface area (Å²) < 4.78 is 0. The predicted molar refractivity (Wildman–Crippen MR) is 136 cm³/mol. The van der Waals surface area contributed by atoms with Crippen molar-refractivity contribution in [2.24, 2.45) is 5.73 Å². The fourth-order valence-corrected chi connectivity index (χ4v) is 4.14. The van der Waals surface area contributed by atoms with Crippen molar-refractivity contribution < 1.29 is 14.4 Å². The number of hydrogen-bond acceptors (Lipinski definition) is 4. The van der Waals surface area contributed by atoms with Crippen molar-refractivity contribution in [1.29, 1.82) is 0 Å². The molecule has 3 atom stereocenters. The number of aromatic nitrogens is 1. The first-order valence-corrected chi connectivity index (χ1v) is 11.5. The molecule has 8 heteroatoms. The molecular formula is C27H29N5O3. The molecule has 1 aromatic heterocycles. The molecule has 0 spiro atoms. The molecule has 0 saturated heterocycles. The van der Waals surface area contributed by atoms with Crippen molar-refractivity contribution in [2.45, 2.75) is 38.0 Å². The Morgan fingerprint density at radius 2 is 1.69 bits per heavy atom. The van der Waals surface area contributed by atoms with Crippen LogP contribution in [0.1, 0.15) is 18.1 Å². The Morgan fingerprint density at radius 3 is 2.46 bits per heavy atom. The summed E-state index contributed by atoms with van der Waals surface area (Å²) in [6.45, 7) is 1.56. The largest absolute Gasteiger partial charge is 0.361 e. The maximum Gasteiger partial charge on any atom is 0.244 e. The van der Waals surface area contributed by atoms with Crippen molar-refractivity contribution in [3.05, 3.63) is 84.1 Å². The number of amides is 3. The zero-order valence-electron chi connectivity index (χ0n) is 19.5. The van der Waals surface area contributed by atoms with E-state index in [1.165, 1.54) is 0 Å². The Bertz CT molecular complexity index is 1350. The first-order chi connectivity index (χ1) is 16.9. The smallest absolute Gasteiger partial charge is 0.244 e. The van der Waals surface area contributed by atoms with E-state index >= 15 is 0 Å². The van der Waals surface area contributed by atoms with Crippen LogP contribution in [0.25, 0.3) is 21.7 Å². The SMILES string of the molecule is C[C@@H](N)C(=O)NC(Cc1c[nH]c2ccccc12)C(=O)NC(Cc1ccc2ccccc2c1)NC=O. The standard InChI is InChI=1S/C27H29N5O3/c1-17(28)26(34)31-24(14-21-15-29-23-9-5-4-8-22(21)23)27(35)32-25(30-16-33)13-18-10-11-19-6-2-3-7-20(19)12-18/h2-12,15-17,24-25,29H,13-14,28H2,1H3,(H,30,33)(H,31,34)(H,32,35)/t17-,24?,25?/m1/s1. The summed E-state index contributed by atoms with van der Waals surface area (Å²) in [6, 6.07) is 20.1. The quantitative estimate of drug-likeness (QED) is 0.179. The number of rotatable bonds is 10. The molecule has 0 fully saturated rings. The number of H-pyrrole nitrogens is 1. The fraction of sp³-hybridized carbons (Fsp3) is 0.222. The molecule has 0 aliphatic heterocycles. The van der Waals surface area contributed by atoms with Crippen molar-refractivity contribution >= 4 is 39.9 Å². The minimum atomic E-state index is -0.875. The third-order valence-electron chi connectivity index (χ3n) is 5.98. The number of para-hydroxylation sites is 1. The summed E-state index contributed by atoms with van der Waals surface area (Å²) in [5.74, 6) is -0.844. The number of nitrogens with one attached hydrogen (secondary N) is 4. The van der Waals surface area contributed by atoms with Gasteiger partial charge in [-0.2, -0.15) is 0 Å². The number of nitrogens with two attached hydrogens (primary N) is 1. The van der Waals surface area contributed by atoms with E-state index in [1.807, 2.05) is 72.9 Å². The molecule has 3 aromatic carbocycles. The molecule has 0 radical (unpaired) electrons. The molecule has 3 amide bonds. The number of hydrogen-bond donors (Lipinski definition) is 5. The molecule has 1 heterocycles. The van der Waals surface area contributed by atoms with Crippen LogP contribution in [0.2, 0.25) is 0 Å². The van der Waals surface area contributed by atoms with E-state index in [0.29, 0.717) is 12.8 Å².